The highest BCUT2D eigenvalue weighted by atomic mass is 16.6. The molecule has 2 aromatic rings. The van der Waals surface area contributed by atoms with Crippen molar-refractivity contribution in [3.05, 3.63) is 41.7 Å². The Morgan fingerprint density at radius 1 is 1.24 bits per heavy atom. The second-order valence-electron chi connectivity index (χ2n) is 5.17. The summed E-state index contributed by atoms with van der Waals surface area (Å²) in [6.07, 6.45) is 1.84. The molecule has 0 saturated carbocycles. The van der Waals surface area contributed by atoms with E-state index in [2.05, 4.69) is 36.4 Å². The van der Waals surface area contributed by atoms with Gasteiger partial charge in [0.05, 0.1) is 12.6 Å². The van der Waals surface area contributed by atoms with E-state index in [0.29, 0.717) is 13.2 Å². The molecular formula is C16H21N3O2. The van der Waals surface area contributed by atoms with Gasteiger partial charge < -0.3 is 14.8 Å². The van der Waals surface area contributed by atoms with Gasteiger partial charge in [0, 0.05) is 11.9 Å². The Morgan fingerprint density at radius 3 is 2.76 bits per heavy atom. The zero-order valence-electron chi connectivity index (χ0n) is 12.5. The maximum absolute atomic E-state index is 5.68. The largest absolute Gasteiger partial charge is 0.486 e. The van der Waals surface area contributed by atoms with Crippen LogP contribution in [0.15, 0.2) is 30.5 Å². The topological polar surface area (TPSA) is 48.3 Å². The van der Waals surface area contributed by atoms with E-state index in [9.17, 15) is 0 Å². The van der Waals surface area contributed by atoms with Gasteiger partial charge in [0.25, 0.3) is 0 Å². The average molecular weight is 287 g/mol. The zero-order chi connectivity index (χ0) is 14.7. The maximum atomic E-state index is 5.68. The summed E-state index contributed by atoms with van der Waals surface area (Å²) in [5.74, 6) is 1.66. The highest BCUT2D eigenvalue weighted by Crippen LogP contribution is 2.33. The van der Waals surface area contributed by atoms with Gasteiger partial charge in [-0.1, -0.05) is 13.0 Å². The molecule has 0 saturated heterocycles. The lowest BCUT2D eigenvalue weighted by Crippen LogP contribution is -2.26. The van der Waals surface area contributed by atoms with Crippen molar-refractivity contribution in [1.82, 2.24) is 15.1 Å². The molecule has 1 aromatic carbocycles. The Hall–Kier alpha value is -2.01. The molecule has 2 heterocycles. The first kappa shape index (κ1) is 13.9. The highest BCUT2D eigenvalue weighted by molar-refractivity contribution is 5.44. The first-order valence-corrected chi connectivity index (χ1v) is 7.39. The van der Waals surface area contributed by atoms with Gasteiger partial charge in [0.2, 0.25) is 0 Å². The van der Waals surface area contributed by atoms with Crippen molar-refractivity contribution in [3.63, 3.8) is 0 Å². The van der Waals surface area contributed by atoms with Crippen LogP contribution in [0.1, 0.15) is 24.2 Å². The monoisotopic (exact) mass is 287 g/mol. The molecule has 0 fully saturated rings. The van der Waals surface area contributed by atoms with Crippen molar-refractivity contribution >= 4 is 0 Å². The number of rotatable bonds is 5. The molecule has 5 nitrogen and oxygen atoms in total. The quantitative estimate of drug-likeness (QED) is 0.917. The first-order chi connectivity index (χ1) is 10.3. The molecular weight excluding hydrogens is 266 g/mol. The van der Waals surface area contributed by atoms with Crippen molar-refractivity contribution in [2.75, 3.05) is 19.8 Å². The van der Waals surface area contributed by atoms with Crippen molar-refractivity contribution in [2.45, 2.75) is 26.4 Å². The number of likely N-dealkylation sites (N-methyl/N-ethyl adjacent to an activating group) is 1. The highest BCUT2D eigenvalue weighted by Gasteiger charge is 2.17. The van der Waals surface area contributed by atoms with E-state index >= 15 is 0 Å². The molecule has 0 spiro atoms. The summed E-state index contributed by atoms with van der Waals surface area (Å²) in [6, 6.07) is 8.38. The third-order valence-corrected chi connectivity index (χ3v) is 3.70. The van der Waals surface area contributed by atoms with E-state index in [-0.39, 0.29) is 6.04 Å². The fraction of sp³-hybridized carbons (Fsp3) is 0.438. The molecule has 1 aliphatic heterocycles. The van der Waals surface area contributed by atoms with Crippen LogP contribution >= 0.6 is 0 Å². The normalized spacial score (nSPS) is 15.0. The minimum atomic E-state index is 0.199. The summed E-state index contributed by atoms with van der Waals surface area (Å²) in [5.41, 5.74) is 2.35. The number of aryl methyl sites for hydroxylation is 1. The number of benzene rings is 1. The van der Waals surface area contributed by atoms with Gasteiger partial charge >= 0.3 is 0 Å². The summed E-state index contributed by atoms with van der Waals surface area (Å²) in [6.45, 7) is 7.11. The molecule has 21 heavy (non-hydrogen) atoms. The van der Waals surface area contributed by atoms with Gasteiger partial charge in [-0.25, -0.2) is 0 Å². The Morgan fingerprint density at radius 2 is 2.05 bits per heavy atom. The second kappa shape index (κ2) is 6.18. The van der Waals surface area contributed by atoms with Crippen molar-refractivity contribution < 1.29 is 9.47 Å². The van der Waals surface area contributed by atoms with Gasteiger partial charge in [-0.05, 0) is 37.2 Å². The predicted octanol–water partition coefficient (Wildman–Crippen LogP) is 2.31. The number of hydrogen-bond donors (Lipinski definition) is 1. The number of fused-ring (bicyclic) bond motifs is 1. The van der Waals surface area contributed by atoms with E-state index in [1.165, 1.54) is 5.56 Å². The van der Waals surface area contributed by atoms with Gasteiger partial charge in [-0.3, -0.25) is 4.68 Å². The molecule has 1 aromatic heterocycles. The number of ether oxygens (including phenoxy) is 2. The Kier molecular flexibility index (Phi) is 4.10. The van der Waals surface area contributed by atoms with Crippen LogP contribution in [0.3, 0.4) is 0 Å². The van der Waals surface area contributed by atoms with E-state index in [4.69, 9.17) is 9.47 Å². The third-order valence-electron chi connectivity index (χ3n) is 3.70. The van der Waals surface area contributed by atoms with Crippen molar-refractivity contribution in [2.24, 2.45) is 0 Å². The average Bonchev–Trinajstić information content (AvgIpc) is 2.91. The molecule has 0 bridgehead atoms. The van der Waals surface area contributed by atoms with Crippen LogP contribution in [-0.4, -0.2) is 29.5 Å². The van der Waals surface area contributed by atoms with Crippen molar-refractivity contribution in [1.29, 1.82) is 0 Å². The molecule has 5 heteroatoms. The molecule has 1 unspecified atom stereocenters. The van der Waals surface area contributed by atoms with Crippen LogP contribution < -0.4 is 14.8 Å². The molecule has 1 aliphatic rings. The third kappa shape index (κ3) is 3.03. The summed E-state index contributed by atoms with van der Waals surface area (Å²) in [4.78, 5) is 0. The predicted molar refractivity (Wildman–Crippen MR) is 80.8 cm³/mol. The van der Waals surface area contributed by atoms with Gasteiger partial charge in [0.15, 0.2) is 11.5 Å². The molecule has 3 rings (SSSR count). The lowest BCUT2D eigenvalue weighted by Gasteiger charge is -2.23. The molecule has 1 atom stereocenters. The number of nitrogens with one attached hydrogen (secondary N) is 1. The van der Waals surface area contributed by atoms with Crippen LogP contribution in [0.2, 0.25) is 0 Å². The minimum absolute atomic E-state index is 0.199. The number of aromatic nitrogens is 2. The smallest absolute Gasteiger partial charge is 0.161 e. The fourth-order valence-corrected chi connectivity index (χ4v) is 2.57. The van der Waals surface area contributed by atoms with E-state index in [1.54, 1.807) is 0 Å². The van der Waals surface area contributed by atoms with E-state index < -0.39 is 0 Å². The minimum Gasteiger partial charge on any atom is -0.486 e. The summed E-state index contributed by atoms with van der Waals surface area (Å²) in [7, 11) is 0. The van der Waals surface area contributed by atoms with Gasteiger partial charge in [-0.2, -0.15) is 5.10 Å². The summed E-state index contributed by atoms with van der Waals surface area (Å²) < 4.78 is 13.3. The summed E-state index contributed by atoms with van der Waals surface area (Å²) in [5, 5.41) is 7.89. The Labute approximate surface area is 124 Å². The lowest BCUT2D eigenvalue weighted by molar-refractivity contribution is 0.171. The molecule has 0 radical (unpaired) electrons. The lowest BCUT2D eigenvalue weighted by atomic mass is 10.1. The van der Waals surface area contributed by atoms with Gasteiger partial charge in [-0.15, -0.1) is 0 Å². The van der Waals surface area contributed by atoms with Crippen LogP contribution in [0, 0.1) is 6.92 Å². The SMILES string of the molecule is CCNC(Cn1nccc1C)c1ccc2c(c1)OCCO2. The van der Waals surface area contributed by atoms with Crippen molar-refractivity contribution in [3.8, 4) is 11.5 Å². The Balaban J connectivity index is 1.84. The van der Waals surface area contributed by atoms with Gasteiger partial charge in [0.1, 0.15) is 13.2 Å². The first-order valence-electron chi connectivity index (χ1n) is 7.39. The van der Waals surface area contributed by atoms with Crippen LogP contribution in [0.5, 0.6) is 11.5 Å². The maximum Gasteiger partial charge on any atom is 0.161 e. The molecule has 112 valence electrons. The van der Waals surface area contributed by atoms with Crippen LogP contribution in [0.4, 0.5) is 0 Å². The van der Waals surface area contributed by atoms with Crippen LogP contribution in [0.25, 0.3) is 0 Å². The second-order valence-corrected chi connectivity index (χ2v) is 5.17. The van der Waals surface area contributed by atoms with Crippen LogP contribution in [-0.2, 0) is 6.54 Å². The fourth-order valence-electron chi connectivity index (χ4n) is 2.57. The zero-order valence-corrected chi connectivity index (χ0v) is 12.5. The molecule has 0 amide bonds. The molecule has 1 N–H and O–H groups in total. The van der Waals surface area contributed by atoms with E-state index in [0.717, 1.165) is 30.3 Å². The summed E-state index contributed by atoms with van der Waals surface area (Å²) >= 11 is 0. The number of nitrogens with zero attached hydrogens (tertiary/aromatic N) is 2. The Bertz CT molecular complexity index is 609. The van der Waals surface area contributed by atoms with E-state index in [1.807, 2.05) is 23.0 Å². The standard InChI is InChI=1S/C16H21N3O2/c1-3-17-14(11-19-12(2)6-7-18-19)13-4-5-15-16(10-13)21-9-8-20-15/h4-7,10,14,17H,3,8-9,11H2,1-2H3. The number of hydrogen-bond acceptors (Lipinski definition) is 4. The molecule has 0 aliphatic carbocycles.